The second kappa shape index (κ2) is 30.8. The zero-order valence-electron chi connectivity index (χ0n) is 54.0. The van der Waals surface area contributed by atoms with Gasteiger partial charge < -0.3 is 18.4 Å². The smallest absolute Gasteiger partial charge is 0.494 e. The Hall–Kier alpha value is -9.79. The lowest BCUT2D eigenvalue weighted by Crippen LogP contribution is -2.54. The van der Waals surface area contributed by atoms with E-state index in [1.165, 1.54) is 29.6 Å². The standard InChI is InChI=1S/C74H56B2Cl2F6N8O6S4/c1-45(69(93)89-101-73(79,80)81)17-15-39-97-55-33-27-47(28-34-55)65-63-64(68(58(44-86)72-88-60-42-54(78)32-38-62(60)100-72)91(65)75(49-19-7-3-8-20-49)50-21-9-4-10-22-50)66(48-29-35-56(36-30-48)98-40-16-18-46(2)70(94)90-102(95,96)74(82,83)84)92(76(51-23-11-5-12-24-51)52-25-13-6-14-26-52)67(63)57(43-85)71-87-59-41-53(77)31-37-61(59)99-71/h3-14,19-38,41-42,45-46H,15-18,39-40H2,1-2H3,(H,89,93)(H,90,94)/b67-57-,68-58-. The molecule has 14 nitrogen and oxygen atoms in total. The first-order valence-electron chi connectivity index (χ1n) is 31.8. The van der Waals surface area contributed by atoms with Gasteiger partial charge in [0.2, 0.25) is 11.8 Å². The number of alkyl halides is 6. The van der Waals surface area contributed by atoms with E-state index in [0.717, 1.165) is 36.0 Å². The normalized spacial score (nSPS) is 13.1. The quantitative estimate of drug-likeness (QED) is 0.0253. The van der Waals surface area contributed by atoms with Gasteiger partial charge in [0.25, 0.3) is 0 Å². The van der Waals surface area contributed by atoms with E-state index in [1.54, 1.807) is 55.5 Å². The van der Waals surface area contributed by atoms with Crippen LogP contribution in [0.15, 0.2) is 206 Å². The number of amides is 2. The summed E-state index contributed by atoms with van der Waals surface area (Å²) in [6.07, 6.45) is 0.633. The molecule has 12 aromatic rings. The second-order valence-corrected chi connectivity index (χ2v) is 29.3. The summed E-state index contributed by atoms with van der Waals surface area (Å²) in [5.41, 5.74) is -3.60. The van der Waals surface area contributed by atoms with E-state index in [2.05, 4.69) is 21.1 Å². The maximum Gasteiger partial charge on any atom is 0.516 e. The van der Waals surface area contributed by atoms with Crippen molar-refractivity contribution in [2.45, 2.75) is 50.5 Å². The number of carbonyl (C=O) groups is 2. The average molecular weight is 1490 g/mol. The van der Waals surface area contributed by atoms with E-state index in [4.69, 9.17) is 42.6 Å². The molecule has 0 saturated carbocycles. The topological polar surface area (TPSA) is 194 Å². The number of nitriles is 2. The first kappa shape index (κ1) is 72.0. The molecule has 0 radical (unpaired) electrons. The number of hydrogen-bond donors (Lipinski definition) is 2. The average Bonchev–Trinajstić information content (AvgIpc) is 1.52. The fraction of sp³-hybridized carbons (Fsp3) is 0.162. The van der Waals surface area contributed by atoms with E-state index in [1.807, 2.05) is 162 Å². The van der Waals surface area contributed by atoms with Crippen LogP contribution in [-0.2, 0) is 19.6 Å². The number of ether oxygens (including phenoxy) is 2. The molecular formula is C74H56B2Cl2F6N8O6S4. The summed E-state index contributed by atoms with van der Waals surface area (Å²) in [7, 11) is -5.93. The third-order valence-corrected chi connectivity index (χ3v) is 21.2. The Balaban J connectivity index is 1.19. The van der Waals surface area contributed by atoms with Crippen molar-refractivity contribution < 1.29 is 53.8 Å². The summed E-state index contributed by atoms with van der Waals surface area (Å²) < 4.78 is 124. The molecule has 102 heavy (non-hydrogen) atoms. The molecule has 0 aliphatic carbocycles. The number of hydrogen-bond acceptors (Lipinski definition) is 13. The first-order chi connectivity index (χ1) is 49.0. The fourth-order valence-corrected chi connectivity index (χ4v) is 15.5. The van der Waals surface area contributed by atoms with Gasteiger partial charge in [0, 0.05) is 44.0 Å². The minimum absolute atomic E-state index is 0.0328. The van der Waals surface area contributed by atoms with Crippen molar-refractivity contribution >= 4 is 158 Å². The zero-order chi connectivity index (χ0) is 72.0. The van der Waals surface area contributed by atoms with Crippen molar-refractivity contribution in [1.29, 1.82) is 10.5 Å². The molecule has 8 aromatic carbocycles. The number of halogens is 8. The Morgan fingerprint density at radius 1 is 0.559 bits per heavy atom. The summed E-state index contributed by atoms with van der Waals surface area (Å²) in [5, 5.41) is 28.2. The monoisotopic (exact) mass is 1490 g/mol. The highest BCUT2D eigenvalue weighted by molar-refractivity contribution is 7.98. The van der Waals surface area contributed by atoms with Gasteiger partial charge in [-0.1, -0.05) is 180 Å². The van der Waals surface area contributed by atoms with Crippen LogP contribution in [0, 0.1) is 34.5 Å². The van der Waals surface area contributed by atoms with Gasteiger partial charge in [-0.05, 0) is 122 Å². The van der Waals surface area contributed by atoms with Crippen LogP contribution in [0.2, 0.25) is 10.0 Å². The zero-order valence-corrected chi connectivity index (χ0v) is 58.7. The molecule has 2 atom stereocenters. The third kappa shape index (κ3) is 15.6. The molecule has 0 bridgehead atoms. The predicted octanol–water partition coefficient (Wildman–Crippen LogP) is 13.9. The molecule has 0 fully saturated rings. The molecule has 0 aliphatic heterocycles. The van der Waals surface area contributed by atoms with Gasteiger partial charge in [-0.2, -0.15) is 45.3 Å². The Morgan fingerprint density at radius 2 is 0.922 bits per heavy atom. The first-order valence-corrected chi connectivity index (χ1v) is 36.5. The number of benzene rings is 8. The van der Waals surface area contributed by atoms with Crippen molar-refractivity contribution in [3.63, 3.8) is 0 Å². The van der Waals surface area contributed by atoms with Crippen molar-refractivity contribution in [3.05, 3.63) is 237 Å². The fourth-order valence-electron chi connectivity index (χ4n) is 12.3. The SMILES string of the molecule is CC(CCCOc1ccc(-c2c3/c(=C(\C#N)c4nc5cc(Cl)ccc5s4)n(B(c4ccccc4)c4ccccc4)c(-c4ccc(OCCCC(C)C(=O)NS(=O)(=O)C(F)(F)F)cc4)c3/c(=C(\C#N)c3nc4cc(Cl)ccc4s3)n2B(c2ccccc2)c2ccccc2)cc1)C(=O)NSC(F)(F)F. The van der Waals surface area contributed by atoms with Crippen molar-refractivity contribution in [2.24, 2.45) is 11.8 Å². The van der Waals surface area contributed by atoms with Crippen LogP contribution in [0.4, 0.5) is 26.3 Å². The van der Waals surface area contributed by atoms with Gasteiger partial charge in [-0.15, -0.1) is 22.7 Å². The largest absolute Gasteiger partial charge is 0.516 e. The second-order valence-electron chi connectivity index (χ2n) is 23.8. The molecule has 28 heteroatoms. The van der Waals surface area contributed by atoms with Crippen LogP contribution in [0.5, 0.6) is 11.5 Å². The van der Waals surface area contributed by atoms with Gasteiger partial charge in [0.15, 0.2) is 0 Å². The molecule has 4 aromatic heterocycles. The Morgan fingerprint density at radius 3 is 1.26 bits per heavy atom. The minimum Gasteiger partial charge on any atom is -0.494 e. The molecule has 0 saturated heterocycles. The lowest BCUT2D eigenvalue weighted by Gasteiger charge is -2.24. The minimum atomic E-state index is -5.93. The summed E-state index contributed by atoms with van der Waals surface area (Å²) >= 11 is 15.4. The number of carbonyl (C=O) groups excluding carboxylic acids is 2. The Kier molecular flexibility index (Phi) is 21.8. The van der Waals surface area contributed by atoms with Crippen LogP contribution in [0.3, 0.4) is 0 Å². The van der Waals surface area contributed by atoms with Gasteiger partial charge in [-0.3, -0.25) is 14.3 Å². The van der Waals surface area contributed by atoms with Gasteiger partial charge in [0.1, 0.15) is 44.8 Å². The molecule has 2 unspecified atom stereocenters. The van der Waals surface area contributed by atoms with E-state index < -0.39 is 70.3 Å². The molecule has 0 aliphatic rings. The van der Waals surface area contributed by atoms with Crippen LogP contribution in [-0.4, -0.2) is 77.1 Å². The van der Waals surface area contributed by atoms with Crippen molar-refractivity contribution in [2.75, 3.05) is 13.2 Å². The van der Waals surface area contributed by atoms with Crippen LogP contribution in [0.1, 0.15) is 49.5 Å². The van der Waals surface area contributed by atoms with Gasteiger partial charge in [0.05, 0.1) is 56.3 Å². The lowest BCUT2D eigenvalue weighted by molar-refractivity contribution is -0.124. The summed E-state index contributed by atoms with van der Waals surface area (Å²) in [5.74, 6) is -3.22. The van der Waals surface area contributed by atoms with Crippen LogP contribution < -0.4 is 51.5 Å². The number of nitrogens with zero attached hydrogens (tertiary/aromatic N) is 6. The summed E-state index contributed by atoms with van der Waals surface area (Å²) in [6, 6.07) is 69.7. The molecule has 4 heterocycles. The lowest BCUT2D eigenvalue weighted by atomic mass is 9.50. The highest BCUT2D eigenvalue weighted by Crippen LogP contribution is 2.40. The molecule has 514 valence electrons. The highest BCUT2D eigenvalue weighted by atomic mass is 35.5. The maximum atomic E-state index is 13.2. The van der Waals surface area contributed by atoms with E-state index in [0.29, 0.717) is 93.0 Å². The van der Waals surface area contributed by atoms with Crippen molar-refractivity contribution in [1.82, 2.24) is 28.4 Å². The Labute approximate surface area is 604 Å². The number of fused-ring (bicyclic) bond motifs is 3. The predicted molar refractivity (Wildman–Crippen MR) is 395 cm³/mol. The molecule has 2 N–H and O–H groups in total. The molecule has 0 spiro atoms. The Bertz CT molecular complexity index is 5250. The third-order valence-electron chi connectivity index (χ3n) is 17.0. The van der Waals surface area contributed by atoms with Gasteiger partial charge >= 0.3 is 34.7 Å². The number of sulfonamides is 1. The van der Waals surface area contributed by atoms with E-state index in [9.17, 15) is 54.9 Å². The molecular weight excluding hydrogens is 1430 g/mol. The van der Waals surface area contributed by atoms with Crippen LogP contribution in [0.25, 0.3) is 64.9 Å². The van der Waals surface area contributed by atoms with Crippen LogP contribution >= 0.6 is 57.8 Å². The number of aromatic nitrogens is 4. The maximum absolute atomic E-state index is 13.2. The number of thiazole rings is 2. The highest BCUT2D eigenvalue weighted by Gasteiger charge is 2.47. The summed E-state index contributed by atoms with van der Waals surface area (Å²) in [6.45, 7) is 1.36. The number of nitrogens with one attached hydrogen (secondary N) is 2. The van der Waals surface area contributed by atoms with E-state index >= 15 is 0 Å². The summed E-state index contributed by atoms with van der Waals surface area (Å²) in [4.78, 5) is 35.7. The van der Waals surface area contributed by atoms with Gasteiger partial charge in [-0.25, -0.2) is 14.7 Å². The molecule has 12 rings (SSSR count). The number of rotatable bonds is 24. The van der Waals surface area contributed by atoms with Crippen molar-refractivity contribution in [3.8, 4) is 46.2 Å². The van der Waals surface area contributed by atoms with E-state index in [-0.39, 0.29) is 43.6 Å². The molecule has 2 amide bonds.